The van der Waals surface area contributed by atoms with Crippen LogP contribution in [0.5, 0.6) is 0 Å². The highest BCUT2D eigenvalue weighted by molar-refractivity contribution is 6.11. The van der Waals surface area contributed by atoms with Crippen molar-refractivity contribution in [2.75, 3.05) is 7.05 Å². The molecule has 0 rings (SSSR count). The Morgan fingerprint density at radius 1 is 1.62 bits per heavy atom. The molecule has 0 aromatic heterocycles. The van der Waals surface area contributed by atoms with Gasteiger partial charge in [-0.05, 0) is 13.5 Å². The average Bonchev–Trinajstić information content (AvgIpc) is 1.69. The van der Waals surface area contributed by atoms with Gasteiger partial charge in [0.05, 0.1) is 0 Å². The molecule has 1 N–H and O–H groups in total. The fourth-order valence-electron chi connectivity index (χ4n) is 1.01. The highest BCUT2D eigenvalue weighted by Gasteiger charge is 2.05. The number of hydrogen-bond donors (Lipinski definition) is 1. The van der Waals surface area contributed by atoms with Crippen LogP contribution >= 0.6 is 0 Å². The van der Waals surface area contributed by atoms with Gasteiger partial charge in [-0.3, -0.25) is 0 Å². The molecular formula is C6H16BN. The first-order valence-electron chi connectivity index (χ1n) is 3.39. The molecule has 0 aliphatic heterocycles. The van der Waals surface area contributed by atoms with Crippen LogP contribution in [-0.2, 0) is 0 Å². The van der Waals surface area contributed by atoms with Crippen molar-refractivity contribution in [3.05, 3.63) is 0 Å². The normalized spacial score (nSPS) is 17.9. The van der Waals surface area contributed by atoms with Gasteiger partial charge in [-0.15, -0.1) is 0 Å². The van der Waals surface area contributed by atoms with Crippen molar-refractivity contribution in [3.63, 3.8) is 0 Å². The average molecular weight is 113 g/mol. The summed E-state index contributed by atoms with van der Waals surface area (Å²) in [7, 11) is 4.26. The Morgan fingerprint density at radius 2 is 2.12 bits per heavy atom. The smallest absolute Gasteiger partial charge is 0.107 e. The predicted octanol–water partition coefficient (Wildman–Crippen LogP) is 0.426. The van der Waals surface area contributed by atoms with Crippen LogP contribution in [0.1, 0.15) is 20.3 Å². The van der Waals surface area contributed by atoms with Gasteiger partial charge in [-0.2, -0.15) is 0 Å². The summed E-state index contributed by atoms with van der Waals surface area (Å²) in [5.74, 6) is 0.769. The van der Waals surface area contributed by atoms with E-state index in [0.29, 0.717) is 6.04 Å². The van der Waals surface area contributed by atoms with Crippen molar-refractivity contribution in [2.24, 2.45) is 0 Å². The molecule has 0 saturated carbocycles. The second-order valence-electron chi connectivity index (χ2n) is 2.55. The number of rotatable bonds is 3. The molecule has 2 heteroatoms. The maximum absolute atomic E-state index is 3.25. The van der Waals surface area contributed by atoms with E-state index in [4.69, 9.17) is 0 Å². The van der Waals surface area contributed by atoms with E-state index in [1.54, 1.807) is 0 Å². The van der Waals surface area contributed by atoms with Crippen LogP contribution in [0.3, 0.4) is 0 Å². The second-order valence-corrected chi connectivity index (χ2v) is 2.55. The third-order valence-corrected chi connectivity index (χ3v) is 1.62. The Kier molecular flexibility index (Phi) is 3.97. The monoisotopic (exact) mass is 113 g/mol. The van der Waals surface area contributed by atoms with Crippen LogP contribution in [-0.4, -0.2) is 20.9 Å². The third-order valence-electron chi connectivity index (χ3n) is 1.62. The summed E-state index contributed by atoms with van der Waals surface area (Å²) in [6.07, 6.45) is 1.23. The quantitative estimate of drug-likeness (QED) is 0.523. The van der Waals surface area contributed by atoms with E-state index in [0.717, 1.165) is 5.82 Å². The van der Waals surface area contributed by atoms with Crippen LogP contribution in [0.4, 0.5) is 0 Å². The lowest BCUT2D eigenvalue weighted by molar-refractivity contribution is 0.530. The SMILES string of the molecule is BC(C)C(CC)NC. The van der Waals surface area contributed by atoms with E-state index in [1.807, 2.05) is 7.05 Å². The lowest BCUT2D eigenvalue weighted by Crippen LogP contribution is -2.27. The van der Waals surface area contributed by atoms with Gasteiger partial charge in [-0.1, -0.05) is 19.7 Å². The minimum Gasteiger partial charge on any atom is -0.317 e. The van der Waals surface area contributed by atoms with Crippen LogP contribution in [0, 0.1) is 0 Å². The van der Waals surface area contributed by atoms with Crippen molar-refractivity contribution in [1.29, 1.82) is 0 Å². The molecule has 0 amide bonds. The van der Waals surface area contributed by atoms with Crippen molar-refractivity contribution in [1.82, 2.24) is 5.32 Å². The molecule has 8 heavy (non-hydrogen) atoms. The Labute approximate surface area is 53.3 Å². The largest absolute Gasteiger partial charge is 0.317 e. The minimum absolute atomic E-state index is 0.704. The molecule has 0 heterocycles. The van der Waals surface area contributed by atoms with Crippen LogP contribution in [0.15, 0.2) is 0 Å². The molecule has 1 nitrogen and oxygen atoms in total. The fraction of sp³-hybridized carbons (Fsp3) is 1.00. The zero-order chi connectivity index (χ0) is 6.57. The first-order valence-corrected chi connectivity index (χ1v) is 3.39. The Balaban J connectivity index is 3.35. The number of hydrogen-bond acceptors (Lipinski definition) is 1. The van der Waals surface area contributed by atoms with E-state index >= 15 is 0 Å². The molecule has 0 bridgehead atoms. The fourth-order valence-corrected chi connectivity index (χ4v) is 1.01. The Morgan fingerprint density at radius 3 is 2.12 bits per heavy atom. The van der Waals surface area contributed by atoms with Crippen LogP contribution < -0.4 is 5.32 Å². The molecule has 0 saturated heterocycles. The van der Waals surface area contributed by atoms with Crippen molar-refractivity contribution >= 4 is 7.85 Å². The second kappa shape index (κ2) is 3.96. The summed E-state index contributed by atoms with van der Waals surface area (Å²) in [5.41, 5.74) is 0. The molecule has 0 aromatic rings. The van der Waals surface area contributed by atoms with Crippen molar-refractivity contribution in [3.8, 4) is 0 Å². The Hall–Kier alpha value is 0.0249. The van der Waals surface area contributed by atoms with Crippen LogP contribution in [0.2, 0.25) is 5.82 Å². The van der Waals surface area contributed by atoms with E-state index in [-0.39, 0.29) is 0 Å². The van der Waals surface area contributed by atoms with Gasteiger partial charge in [0.25, 0.3) is 0 Å². The summed E-state index contributed by atoms with van der Waals surface area (Å²) in [6, 6.07) is 0.704. The van der Waals surface area contributed by atoms with Gasteiger partial charge in [-0.25, -0.2) is 0 Å². The number of nitrogens with one attached hydrogen (secondary N) is 1. The van der Waals surface area contributed by atoms with Crippen molar-refractivity contribution < 1.29 is 0 Å². The summed E-state index contributed by atoms with van der Waals surface area (Å²) in [6.45, 7) is 4.45. The molecule has 2 unspecified atom stereocenters. The Bertz CT molecular complexity index is 50.5. The van der Waals surface area contributed by atoms with Gasteiger partial charge in [0.1, 0.15) is 7.85 Å². The minimum atomic E-state index is 0.704. The van der Waals surface area contributed by atoms with Gasteiger partial charge in [0.15, 0.2) is 0 Å². The molecule has 0 aromatic carbocycles. The lowest BCUT2D eigenvalue weighted by atomic mass is 9.82. The standard InChI is InChI=1S/C6H16BN/c1-4-6(8-3)5(2)7/h5-6,8H,4,7H2,1-3H3. The molecule has 48 valence electrons. The third kappa shape index (κ3) is 2.36. The van der Waals surface area contributed by atoms with E-state index in [9.17, 15) is 0 Å². The topological polar surface area (TPSA) is 12.0 Å². The van der Waals surface area contributed by atoms with Gasteiger partial charge >= 0.3 is 0 Å². The van der Waals surface area contributed by atoms with Gasteiger partial charge < -0.3 is 5.32 Å². The zero-order valence-corrected chi connectivity index (χ0v) is 6.36. The maximum Gasteiger partial charge on any atom is 0.107 e. The summed E-state index contributed by atoms with van der Waals surface area (Å²) in [4.78, 5) is 0. The summed E-state index contributed by atoms with van der Waals surface area (Å²) in [5, 5.41) is 3.25. The molecule has 0 fully saturated rings. The highest BCUT2D eigenvalue weighted by Crippen LogP contribution is 2.06. The van der Waals surface area contributed by atoms with Gasteiger partial charge in [0.2, 0.25) is 0 Å². The van der Waals surface area contributed by atoms with E-state index < -0.39 is 0 Å². The predicted molar refractivity (Wildman–Crippen MR) is 41.1 cm³/mol. The van der Waals surface area contributed by atoms with E-state index in [1.165, 1.54) is 6.42 Å². The first-order chi connectivity index (χ1) is 3.72. The van der Waals surface area contributed by atoms with Crippen molar-refractivity contribution in [2.45, 2.75) is 32.1 Å². The van der Waals surface area contributed by atoms with Gasteiger partial charge in [0, 0.05) is 6.04 Å². The first kappa shape index (κ1) is 8.02. The summed E-state index contributed by atoms with van der Waals surface area (Å²) >= 11 is 0. The maximum atomic E-state index is 3.25. The zero-order valence-electron chi connectivity index (χ0n) is 6.36. The molecule has 2 atom stereocenters. The van der Waals surface area contributed by atoms with Crippen LogP contribution in [0.25, 0.3) is 0 Å². The van der Waals surface area contributed by atoms with E-state index in [2.05, 4.69) is 27.0 Å². The molecule has 0 spiro atoms. The highest BCUT2D eigenvalue weighted by atomic mass is 14.9. The molecular weight excluding hydrogens is 96.9 g/mol. The lowest BCUT2D eigenvalue weighted by Gasteiger charge is -2.17. The summed E-state index contributed by atoms with van der Waals surface area (Å²) < 4.78 is 0. The molecule has 0 aliphatic rings. The molecule has 0 aliphatic carbocycles. The molecule has 0 radical (unpaired) electrons.